The van der Waals surface area contributed by atoms with E-state index in [1.807, 2.05) is 30.3 Å². The fourth-order valence-electron chi connectivity index (χ4n) is 4.88. The van der Waals surface area contributed by atoms with E-state index < -0.39 is 11.9 Å². The van der Waals surface area contributed by atoms with Crippen LogP contribution in [0.25, 0.3) is 0 Å². The van der Waals surface area contributed by atoms with Gasteiger partial charge in [0, 0.05) is 38.6 Å². The Balaban J connectivity index is 0.000000316. The lowest BCUT2D eigenvalue weighted by Crippen LogP contribution is -2.48. The third-order valence-electron chi connectivity index (χ3n) is 8.62. The number of carboxylic acid groups (broad SMARTS) is 1. The zero-order valence-corrected chi connectivity index (χ0v) is 26.5. The Morgan fingerprint density at radius 1 is 1.05 bits per heavy atom. The summed E-state index contributed by atoms with van der Waals surface area (Å²) in [6, 6.07) is 13.5. The number of hydrogen-bond donors (Lipinski definition) is 1. The van der Waals surface area contributed by atoms with Crippen LogP contribution in [-0.2, 0) is 6.61 Å². The predicted molar refractivity (Wildman–Crippen MR) is 167 cm³/mol. The van der Waals surface area contributed by atoms with Crippen LogP contribution < -0.4 is 4.74 Å². The monoisotopic (exact) mass is 592 g/mol. The average molecular weight is 593 g/mol. The van der Waals surface area contributed by atoms with Gasteiger partial charge in [0.1, 0.15) is 18.2 Å². The van der Waals surface area contributed by atoms with Crippen LogP contribution in [-0.4, -0.2) is 65.9 Å². The molecule has 230 valence electrons. The molecule has 0 spiro atoms. The Kier molecular flexibility index (Phi) is 17.3. The lowest BCUT2D eigenvalue weighted by atomic mass is 9.66. The van der Waals surface area contributed by atoms with E-state index in [2.05, 4.69) is 46.4 Å². The molecule has 1 aliphatic rings. The molecular weight excluding hydrogens is 543 g/mol. The summed E-state index contributed by atoms with van der Waals surface area (Å²) in [7, 11) is 0. The SMILES string of the molecule is CCC(C)C(C)(CC)C(C)CC.O=C(O)N1CCN(CCCl)CC1.O=Cc1cc(F)ccc1OCc1ccccc1. The number of rotatable bonds is 11. The number of aldehydes is 1. The molecule has 1 amide bonds. The van der Waals surface area contributed by atoms with E-state index in [0.717, 1.165) is 43.1 Å². The van der Waals surface area contributed by atoms with Crippen molar-refractivity contribution in [2.75, 3.05) is 38.6 Å². The van der Waals surface area contributed by atoms with Crippen LogP contribution in [0.3, 0.4) is 0 Å². The van der Waals surface area contributed by atoms with Crippen molar-refractivity contribution >= 4 is 24.0 Å². The van der Waals surface area contributed by atoms with Gasteiger partial charge in [-0.05, 0) is 41.0 Å². The number of nitrogens with zero attached hydrogens (tertiary/aromatic N) is 2. The van der Waals surface area contributed by atoms with E-state index in [1.54, 1.807) is 0 Å². The van der Waals surface area contributed by atoms with Gasteiger partial charge in [-0.3, -0.25) is 9.69 Å². The van der Waals surface area contributed by atoms with E-state index in [9.17, 15) is 14.0 Å². The van der Waals surface area contributed by atoms with Crippen LogP contribution in [0.1, 0.15) is 76.7 Å². The van der Waals surface area contributed by atoms with Crippen molar-refractivity contribution < 1.29 is 23.8 Å². The van der Waals surface area contributed by atoms with Gasteiger partial charge >= 0.3 is 6.09 Å². The molecule has 3 rings (SSSR count). The van der Waals surface area contributed by atoms with Crippen LogP contribution in [0, 0.1) is 23.1 Å². The third kappa shape index (κ3) is 12.4. The van der Waals surface area contributed by atoms with Gasteiger partial charge in [0.05, 0.1) is 5.56 Å². The summed E-state index contributed by atoms with van der Waals surface area (Å²) in [6.45, 7) is 18.2. The maximum atomic E-state index is 12.9. The first kappa shape index (κ1) is 36.4. The summed E-state index contributed by atoms with van der Waals surface area (Å²) < 4.78 is 18.4. The standard InChI is InChI=1S/C14H11FO2.C12H26.C7H13ClN2O2/c15-13-6-7-14(12(8-13)9-16)17-10-11-4-2-1-3-5-11;1-7-10(4)12(6,9-3)11(5)8-2;8-1-2-9-3-5-10(6-4-9)7(11)12/h1-9H,10H2;10-11H,7-9H2,1-6H3;1-6H2,(H,11,12). The van der Waals surface area contributed by atoms with Crippen molar-refractivity contribution in [1.82, 2.24) is 9.80 Å². The minimum absolute atomic E-state index is 0.223. The number of hydrogen-bond acceptors (Lipinski definition) is 4. The summed E-state index contributed by atoms with van der Waals surface area (Å²) in [5.74, 6) is 2.28. The van der Waals surface area contributed by atoms with E-state index in [4.69, 9.17) is 21.4 Å². The van der Waals surface area contributed by atoms with Crippen molar-refractivity contribution in [1.29, 1.82) is 0 Å². The van der Waals surface area contributed by atoms with Crippen molar-refractivity contribution in [3.05, 3.63) is 65.5 Å². The normalized spacial score (nSPS) is 16.1. The largest absolute Gasteiger partial charge is 0.488 e. The van der Waals surface area contributed by atoms with Crippen molar-refractivity contribution in [2.24, 2.45) is 17.3 Å². The zero-order valence-electron chi connectivity index (χ0n) is 25.7. The molecule has 0 aliphatic carbocycles. The molecule has 2 aromatic carbocycles. The third-order valence-corrected chi connectivity index (χ3v) is 8.79. The summed E-state index contributed by atoms with van der Waals surface area (Å²) >= 11 is 5.56. The van der Waals surface area contributed by atoms with E-state index in [1.165, 1.54) is 36.3 Å². The van der Waals surface area contributed by atoms with E-state index >= 15 is 0 Å². The number of ether oxygens (including phenoxy) is 1. The highest BCUT2D eigenvalue weighted by Gasteiger charge is 2.32. The van der Waals surface area contributed by atoms with Gasteiger partial charge in [-0.2, -0.15) is 0 Å². The summed E-state index contributed by atoms with van der Waals surface area (Å²) in [5, 5.41) is 8.64. The Hall–Kier alpha value is -2.64. The maximum absolute atomic E-state index is 12.9. The Bertz CT molecular complexity index is 1010. The summed E-state index contributed by atoms with van der Waals surface area (Å²) in [5.41, 5.74) is 1.78. The molecule has 1 fully saturated rings. The molecule has 0 bridgehead atoms. The number of amides is 1. The van der Waals surface area contributed by atoms with Crippen molar-refractivity contribution in [3.63, 3.8) is 0 Å². The Morgan fingerprint density at radius 2 is 1.63 bits per heavy atom. The second-order valence-electron chi connectivity index (χ2n) is 10.9. The predicted octanol–water partition coefficient (Wildman–Crippen LogP) is 8.23. The lowest BCUT2D eigenvalue weighted by molar-refractivity contribution is 0.101. The first-order valence-electron chi connectivity index (χ1n) is 14.7. The van der Waals surface area contributed by atoms with Crippen LogP contribution >= 0.6 is 11.6 Å². The summed E-state index contributed by atoms with van der Waals surface area (Å²) in [4.78, 5) is 24.9. The second kappa shape index (κ2) is 19.5. The molecule has 6 nitrogen and oxygen atoms in total. The van der Waals surface area contributed by atoms with Crippen molar-refractivity contribution in [3.8, 4) is 5.75 Å². The number of alkyl halides is 1. The molecule has 8 heteroatoms. The maximum Gasteiger partial charge on any atom is 0.407 e. The van der Waals surface area contributed by atoms with Crippen LogP contribution in [0.5, 0.6) is 5.75 Å². The molecule has 0 saturated carbocycles. The van der Waals surface area contributed by atoms with Gasteiger partial charge in [-0.1, -0.05) is 91.1 Å². The number of carbonyl (C=O) groups excluding carboxylic acids is 1. The molecule has 2 atom stereocenters. The number of benzene rings is 2. The van der Waals surface area contributed by atoms with E-state index in [0.29, 0.717) is 43.0 Å². The number of piperazine rings is 1. The lowest BCUT2D eigenvalue weighted by Gasteiger charge is -2.40. The fourth-order valence-corrected chi connectivity index (χ4v) is 5.11. The number of carbonyl (C=O) groups is 2. The highest BCUT2D eigenvalue weighted by Crippen LogP contribution is 2.41. The molecule has 1 aliphatic heterocycles. The molecule has 1 heterocycles. The second-order valence-corrected chi connectivity index (χ2v) is 11.2. The van der Waals surface area contributed by atoms with Crippen LogP contribution in [0.15, 0.2) is 48.5 Å². The molecule has 2 unspecified atom stereocenters. The average Bonchev–Trinajstić information content (AvgIpc) is 3.00. The molecule has 0 aromatic heterocycles. The van der Waals surface area contributed by atoms with Gasteiger partial charge in [-0.25, -0.2) is 9.18 Å². The van der Waals surface area contributed by atoms with Gasteiger partial charge in [-0.15, -0.1) is 11.6 Å². The molecular formula is C33H50ClFN2O4. The minimum Gasteiger partial charge on any atom is -0.488 e. The van der Waals surface area contributed by atoms with Crippen LogP contribution in [0.2, 0.25) is 0 Å². The van der Waals surface area contributed by atoms with Crippen molar-refractivity contribution in [2.45, 2.75) is 67.4 Å². The molecule has 0 radical (unpaired) electrons. The molecule has 41 heavy (non-hydrogen) atoms. The van der Waals surface area contributed by atoms with E-state index in [-0.39, 0.29) is 5.56 Å². The van der Waals surface area contributed by atoms with Gasteiger partial charge in [0.15, 0.2) is 6.29 Å². The Morgan fingerprint density at radius 3 is 2.10 bits per heavy atom. The van der Waals surface area contributed by atoms with Gasteiger partial charge < -0.3 is 14.7 Å². The highest BCUT2D eigenvalue weighted by molar-refractivity contribution is 6.18. The Labute approximate surface area is 251 Å². The smallest absolute Gasteiger partial charge is 0.407 e. The summed E-state index contributed by atoms with van der Waals surface area (Å²) in [6.07, 6.45) is 3.71. The minimum atomic E-state index is -0.819. The quantitative estimate of drug-likeness (QED) is 0.210. The first-order valence-corrected chi connectivity index (χ1v) is 15.3. The van der Waals surface area contributed by atoms with Gasteiger partial charge in [0.2, 0.25) is 0 Å². The first-order chi connectivity index (χ1) is 19.6. The molecule has 1 N–H and O–H groups in total. The van der Waals surface area contributed by atoms with Gasteiger partial charge in [0.25, 0.3) is 0 Å². The topological polar surface area (TPSA) is 70.1 Å². The highest BCUT2D eigenvalue weighted by atomic mass is 35.5. The number of halogens is 2. The molecule has 1 saturated heterocycles. The van der Waals surface area contributed by atoms with Crippen LogP contribution in [0.4, 0.5) is 9.18 Å². The zero-order chi connectivity index (χ0) is 30.8. The molecule has 2 aromatic rings. The fraction of sp³-hybridized carbons (Fsp3) is 0.576.